The number of nitrogens with zero attached hydrogens (tertiary/aromatic N) is 1. The lowest BCUT2D eigenvalue weighted by molar-refractivity contribution is -0.0144. The maximum absolute atomic E-state index is 9.42. The van der Waals surface area contributed by atoms with Crippen LogP contribution in [-0.4, -0.2) is 12.7 Å². The van der Waals surface area contributed by atoms with Gasteiger partial charge >= 0.3 is 0 Å². The lowest BCUT2D eigenvalue weighted by Crippen LogP contribution is -2.42. The summed E-state index contributed by atoms with van der Waals surface area (Å²) in [6.45, 7) is 4.80. The van der Waals surface area contributed by atoms with Gasteiger partial charge in [-0.3, -0.25) is 0 Å². The number of ether oxygens (including phenoxy) is 1. The second-order valence-electron chi connectivity index (χ2n) is 6.30. The molecule has 0 heterocycles. The molecule has 0 aliphatic heterocycles. The Morgan fingerprint density at radius 3 is 2.35 bits per heavy atom. The molecule has 1 fully saturated rings. The van der Waals surface area contributed by atoms with Gasteiger partial charge in [-0.15, -0.1) is 0 Å². The fraction of sp³-hybridized carbons (Fsp3) is 0.588. The zero-order chi connectivity index (χ0) is 14.6. The molecule has 1 saturated carbocycles. The average Bonchev–Trinajstić information content (AvgIpc) is 2.45. The number of nitrogens with two attached hydrogens (primary N) is 1. The summed E-state index contributed by atoms with van der Waals surface area (Å²) in [5.41, 5.74) is 5.99. The molecule has 3 nitrogen and oxygen atoms in total. The fourth-order valence-electron chi connectivity index (χ4n) is 3.17. The van der Waals surface area contributed by atoms with E-state index in [2.05, 4.69) is 19.9 Å². The van der Waals surface area contributed by atoms with Crippen LogP contribution in [-0.2, 0) is 10.3 Å². The molecule has 3 unspecified atom stereocenters. The second-order valence-corrected chi connectivity index (χ2v) is 6.30. The maximum Gasteiger partial charge on any atom is 0.153 e. The Morgan fingerprint density at radius 2 is 1.80 bits per heavy atom. The van der Waals surface area contributed by atoms with E-state index in [1.54, 1.807) is 0 Å². The average molecular weight is 272 g/mol. The predicted molar refractivity (Wildman–Crippen MR) is 79.8 cm³/mol. The number of hydrogen-bond acceptors (Lipinski definition) is 3. The standard InChI is InChI=1S/C17H24N2O/c1-13-8-14(2)10-16(9-13)20-12-17(19,11-18)15-6-4-3-5-7-15/h3-7,13-14,16H,8-10,12,19H2,1-2H3. The van der Waals surface area contributed by atoms with E-state index in [0.717, 1.165) is 18.4 Å². The number of hydrogen-bond donors (Lipinski definition) is 1. The lowest BCUT2D eigenvalue weighted by atomic mass is 9.81. The minimum atomic E-state index is -1.05. The number of nitriles is 1. The zero-order valence-corrected chi connectivity index (χ0v) is 12.4. The Morgan fingerprint density at radius 1 is 1.20 bits per heavy atom. The van der Waals surface area contributed by atoms with Gasteiger partial charge in [-0.2, -0.15) is 5.26 Å². The molecule has 2 N–H and O–H groups in total. The molecule has 2 rings (SSSR count). The molecule has 1 aromatic rings. The molecule has 0 spiro atoms. The van der Waals surface area contributed by atoms with Crippen LogP contribution in [0.1, 0.15) is 38.7 Å². The Balaban J connectivity index is 1.99. The van der Waals surface area contributed by atoms with Crippen LogP contribution in [0.25, 0.3) is 0 Å². The minimum absolute atomic E-state index is 0.230. The highest BCUT2D eigenvalue weighted by atomic mass is 16.5. The van der Waals surface area contributed by atoms with Crippen LogP contribution < -0.4 is 5.73 Å². The Bertz CT molecular complexity index is 458. The van der Waals surface area contributed by atoms with Gasteiger partial charge in [0.25, 0.3) is 0 Å². The van der Waals surface area contributed by atoms with E-state index in [-0.39, 0.29) is 12.7 Å². The molecule has 0 radical (unpaired) electrons. The van der Waals surface area contributed by atoms with Crippen LogP contribution in [0.3, 0.4) is 0 Å². The van der Waals surface area contributed by atoms with Gasteiger partial charge in [-0.05, 0) is 36.7 Å². The minimum Gasteiger partial charge on any atom is -0.375 e. The van der Waals surface area contributed by atoms with E-state index in [4.69, 9.17) is 10.5 Å². The second kappa shape index (κ2) is 6.39. The highest BCUT2D eigenvalue weighted by molar-refractivity contribution is 5.30. The van der Waals surface area contributed by atoms with Crippen molar-refractivity contribution in [2.45, 2.75) is 44.8 Å². The first-order valence-corrected chi connectivity index (χ1v) is 7.41. The summed E-state index contributed by atoms with van der Waals surface area (Å²) in [7, 11) is 0. The molecule has 1 aliphatic rings. The van der Waals surface area contributed by atoms with Crippen LogP contribution in [0, 0.1) is 23.2 Å². The van der Waals surface area contributed by atoms with Gasteiger partial charge in [0.15, 0.2) is 5.54 Å². The SMILES string of the molecule is CC1CC(C)CC(OCC(N)(C#N)c2ccccc2)C1. The van der Waals surface area contributed by atoms with Crippen LogP contribution in [0.4, 0.5) is 0 Å². The quantitative estimate of drug-likeness (QED) is 0.915. The monoisotopic (exact) mass is 272 g/mol. The Labute approximate surface area is 121 Å². The van der Waals surface area contributed by atoms with Crippen LogP contribution in [0.2, 0.25) is 0 Å². The molecule has 0 aromatic heterocycles. The topological polar surface area (TPSA) is 59.0 Å². The van der Waals surface area contributed by atoms with Gasteiger partial charge < -0.3 is 10.5 Å². The van der Waals surface area contributed by atoms with Gasteiger partial charge in [0.1, 0.15) is 0 Å². The molecule has 1 aromatic carbocycles. The Hall–Kier alpha value is -1.37. The first kappa shape index (κ1) is 15.0. The van der Waals surface area contributed by atoms with Crippen molar-refractivity contribution in [2.24, 2.45) is 17.6 Å². The van der Waals surface area contributed by atoms with Crippen LogP contribution >= 0.6 is 0 Å². The molecule has 108 valence electrons. The molecule has 0 amide bonds. The summed E-state index contributed by atoms with van der Waals surface area (Å²) in [5, 5.41) is 9.42. The van der Waals surface area contributed by atoms with Crippen molar-refractivity contribution in [3.63, 3.8) is 0 Å². The van der Waals surface area contributed by atoms with Crippen molar-refractivity contribution >= 4 is 0 Å². The van der Waals surface area contributed by atoms with Crippen molar-refractivity contribution in [1.82, 2.24) is 0 Å². The molecule has 3 heteroatoms. The smallest absolute Gasteiger partial charge is 0.153 e. The summed E-state index contributed by atoms with van der Waals surface area (Å²) in [6.07, 6.45) is 3.64. The summed E-state index contributed by atoms with van der Waals surface area (Å²) >= 11 is 0. The zero-order valence-electron chi connectivity index (χ0n) is 12.4. The predicted octanol–water partition coefficient (Wildman–Crippen LogP) is 3.21. The number of benzene rings is 1. The van der Waals surface area contributed by atoms with E-state index in [1.807, 2.05) is 30.3 Å². The highest BCUT2D eigenvalue weighted by Crippen LogP contribution is 2.31. The molecular weight excluding hydrogens is 248 g/mol. The third-order valence-corrected chi connectivity index (χ3v) is 4.17. The van der Waals surface area contributed by atoms with Gasteiger partial charge in [0.2, 0.25) is 0 Å². The number of rotatable bonds is 4. The normalized spacial score (nSPS) is 29.4. The Kier molecular flexibility index (Phi) is 4.80. The lowest BCUT2D eigenvalue weighted by Gasteiger charge is -2.33. The molecule has 1 aliphatic carbocycles. The summed E-state index contributed by atoms with van der Waals surface area (Å²) in [4.78, 5) is 0. The van der Waals surface area contributed by atoms with Crippen molar-refractivity contribution in [3.8, 4) is 6.07 Å². The van der Waals surface area contributed by atoms with Crippen LogP contribution in [0.15, 0.2) is 30.3 Å². The van der Waals surface area contributed by atoms with Gasteiger partial charge in [-0.25, -0.2) is 0 Å². The van der Waals surface area contributed by atoms with E-state index in [9.17, 15) is 5.26 Å². The highest BCUT2D eigenvalue weighted by Gasteiger charge is 2.31. The van der Waals surface area contributed by atoms with Gasteiger partial charge in [0, 0.05) is 0 Å². The fourth-order valence-corrected chi connectivity index (χ4v) is 3.17. The molecule has 3 atom stereocenters. The van der Waals surface area contributed by atoms with Crippen molar-refractivity contribution in [1.29, 1.82) is 5.26 Å². The largest absolute Gasteiger partial charge is 0.375 e. The van der Waals surface area contributed by atoms with Crippen molar-refractivity contribution in [3.05, 3.63) is 35.9 Å². The van der Waals surface area contributed by atoms with Crippen LogP contribution in [0.5, 0.6) is 0 Å². The third-order valence-electron chi connectivity index (χ3n) is 4.17. The summed E-state index contributed by atoms with van der Waals surface area (Å²) in [6, 6.07) is 11.7. The van der Waals surface area contributed by atoms with Gasteiger partial charge in [-0.1, -0.05) is 44.2 Å². The summed E-state index contributed by atoms with van der Waals surface area (Å²) in [5.74, 6) is 1.38. The van der Waals surface area contributed by atoms with E-state index < -0.39 is 5.54 Å². The molecular formula is C17H24N2O. The first-order chi connectivity index (χ1) is 9.53. The third kappa shape index (κ3) is 3.59. The maximum atomic E-state index is 9.42. The van der Waals surface area contributed by atoms with Crippen molar-refractivity contribution < 1.29 is 4.74 Å². The molecule has 0 saturated heterocycles. The van der Waals surface area contributed by atoms with E-state index in [0.29, 0.717) is 11.8 Å². The molecule has 20 heavy (non-hydrogen) atoms. The van der Waals surface area contributed by atoms with E-state index >= 15 is 0 Å². The first-order valence-electron chi connectivity index (χ1n) is 7.41. The van der Waals surface area contributed by atoms with E-state index in [1.165, 1.54) is 6.42 Å². The van der Waals surface area contributed by atoms with Crippen molar-refractivity contribution in [2.75, 3.05) is 6.61 Å². The summed E-state index contributed by atoms with van der Waals surface area (Å²) < 4.78 is 5.99. The molecule has 0 bridgehead atoms. The van der Waals surface area contributed by atoms with Gasteiger partial charge in [0.05, 0.1) is 18.8 Å².